The minimum absolute atomic E-state index is 1.30. The van der Waals surface area contributed by atoms with Gasteiger partial charge in [-0.05, 0) is 19.1 Å². The van der Waals surface area contributed by atoms with Gasteiger partial charge in [-0.25, -0.2) is 0 Å². The van der Waals surface area contributed by atoms with E-state index in [1.807, 2.05) is 0 Å². The van der Waals surface area contributed by atoms with E-state index in [4.69, 9.17) is 15.3 Å². The molecule has 0 amide bonds. The van der Waals surface area contributed by atoms with Crippen molar-refractivity contribution in [1.29, 1.82) is 0 Å². The maximum absolute atomic E-state index is 8.25. The minimum atomic E-state index is -1.75. The molecule has 0 bridgehead atoms. The van der Waals surface area contributed by atoms with Crippen molar-refractivity contribution in [2.75, 3.05) is 0 Å². The molecule has 0 atom stereocenters. The second kappa shape index (κ2) is 5.25. The van der Waals surface area contributed by atoms with Gasteiger partial charge in [0, 0.05) is 23.9 Å². The van der Waals surface area contributed by atoms with E-state index in [0.717, 1.165) is 0 Å². The molecule has 0 aliphatic heterocycles. The molecular weight excluding hydrogens is 220 g/mol. The second-order valence-corrected chi connectivity index (χ2v) is 3.75. The third kappa shape index (κ3) is 3.14. The molecule has 0 fully saturated rings. The molecule has 0 aliphatic rings. The molecule has 2 aromatic rings. The number of hydrogen-bond donors (Lipinski definition) is 0. The molecule has 1 aromatic carbocycles. The summed E-state index contributed by atoms with van der Waals surface area (Å²) in [5, 5.41) is 16.1. The maximum atomic E-state index is 8.25. The van der Waals surface area contributed by atoms with E-state index in [1.54, 1.807) is 0 Å². The molecule has 0 aliphatic carbocycles. The molecule has 0 radical (unpaired) electrons. The highest BCUT2D eigenvalue weighted by atomic mass is 16.9. The number of nitrogens with zero attached hydrogens (tertiary/aromatic N) is 2. The van der Waals surface area contributed by atoms with Gasteiger partial charge in [-0.2, -0.15) is 4.57 Å². The van der Waals surface area contributed by atoms with Crippen LogP contribution in [0.25, 0.3) is 10.9 Å². The van der Waals surface area contributed by atoms with Gasteiger partial charge in [-0.15, -0.1) is 0 Å². The summed E-state index contributed by atoms with van der Waals surface area (Å²) in [6.45, 7) is 4.31. The molecule has 0 spiro atoms. The summed E-state index contributed by atoms with van der Waals surface area (Å²) < 4.78 is 2.24. The molecule has 0 saturated heterocycles. The lowest BCUT2D eigenvalue weighted by molar-refractivity contribution is -0.651. The van der Waals surface area contributed by atoms with Gasteiger partial charge in [-0.3, -0.25) is 0 Å². The van der Waals surface area contributed by atoms with Gasteiger partial charge in [0.1, 0.15) is 7.05 Å². The van der Waals surface area contributed by atoms with Gasteiger partial charge < -0.3 is 15.3 Å². The lowest BCUT2D eigenvalue weighted by atomic mass is 10.1. The lowest BCUT2D eigenvalue weighted by Crippen LogP contribution is -2.33. The van der Waals surface area contributed by atoms with E-state index in [2.05, 4.69) is 55.8 Å². The van der Waals surface area contributed by atoms with E-state index in [-0.39, 0.29) is 0 Å². The van der Waals surface area contributed by atoms with E-state index < -0.39 is 5.09 Å². The van der Waals surface area contributed by atoms with Crippen LogP contribution in [0.2, 0.25) is 0 Å². The van der Waals surface area contributed by atoms with Gasteiger partial charge in [0.05, 0.1) is 5.09 Å². The first-order valence-corrected chi connectivity index (χ1v) is 5.10. The van der Waals surface area contributed by atoms with Crippen molar-refractivity contribution in [3.05, 3.63) is 56.9 Å². The van der Waals surface area contributed by atoms with Crippen molar-refractivity contribution in [2.45, 2.75) is 13.8 Å². The number of pyridine rings is 1. The van der Waals surface area contributed by atoms with Gasteiger partial charge in [0.2, 0.25) is 5.52 Å². The highest BCUT2D eigenvalue weighted by molar-refractivity contribution is 5.76. The van der Waals surface area contributed by atoms with E-state index >= 15 is 0 Å². The lowest BCUT2D eigenvalue weighted by Gasteiger charge is -2.02. The fourth-order valence-corrected chi connectivity index (χ4v) is 1.70. The van der Waals surface area contributed by atoms with Crippen LogP contribution in [-0.4, -0.2) is 5.09 Å². The molecule has 0 unspecified atom stereocenters. The Morgan fingerprint density at radius 3 is 2.29 bits per heavy atom. The molecule has 90 valence electrons. The third-order valence-corrected chi connectivity index (χ3v) is 2.74. The summed E-state index contributed by atoms with van der Waals surface area (Å²) in [5.74, 6) is 0. The third-order valence-electron chi connectivity index (χ3n) is 2.74. The standard InChI is InChI=1S/C12H14N.NO3/c1-9-8-11-6-4-5-7-12(11)13(3)10(9)2;2-1(3)4/h4-8H,1-3H3;/q+1;-1. The van der Waals surface area contributed by atoms with Crippen molar-refractivity contribution < 1.29 is 9.65 Å². The predicted octanol–water partition coefficient (Wildman–Crippen LogP) is 2.04. The molecule has 1 heterocycles. The Morgan fingerprint density at radius 2 is 1.71 bits per heavy atom. The average Bonchev–Trinajstić information content (AvgIpc) is 2.25. The summed E-state index contributed by atoms with van der Waals surface area (Å²) in [5.41, 5.74) is 3.98. The zero-order chi connectivity index (χ0) is 13.0. The van der Waals surface area contributed by atoms with E-state index in [1.165, 1.54) is 22.2 Å². The van der Waals surface area contributed by atoms with Gasteiger partial charge in [0.25, 0.3) is 0 Å². The highest BCUT2D eigenvalue weighted by Gasteiger charge is 2.09. The molecule has 17 heavy (non-hydrogen) atoms. The molecule has 5 nitrogen and oxygen atoms in total. The monoisotopic (exact) mass is 234 g/mol. The van der Waals surface area contributed by atoms with Gasteiger partial charge >= 0.3 is 0 Å². The number of aryl methyl sites for hydroxylation is 2. The van der Waals surface area contributed by atoms with Crippen LogP contribution in [0.5, 0.6) is 0 Å². The first-order chi connectivity index (χ1) is 7.93. The number of aromatic nitrogens is 1. The van der Waals surface area contributed by atoms with Crippen LogP contribution in [-0.2, 0) is 7.05 Å². The van der Waals surface area contributed by atoms with Gasteiger partial charge in [0.15, 0.2) is 5.69 Å². The second-order valence-electron chi connectivity index (χ2n) is 3.75. The smallest absolute Gasteiger partial charge is 0.212 e. The van der Waals surface area contributed by atoms with Crippen molar-refractivity contribution in [1.82, 2.24) is 0 Å². The Balaban J connectivity index is 0.000000317. The average molecular weight is 234 g/mol. The molecule has 0 saturated carbocycles. The topological polar surface area (TPSA) is 70.1 Å². The van der Waals surface area contributed by atoms with Crippen LogP contribution >= 0.6 is 0 Å². The maximum Gasteiger partial charge on any atom is 0.212 e. The van der Waals surface area contributed by atoms with Crippen molar-refractivity contribution >= 4 is 10.9 Å². The first-order valence-electron chi connectivity index (χ1n) is 5.10. The molecular formula is C12H14N2O3. The number of rotatable bonds is 0. The van der Waals surface area contributed by atoms with Crippen LogP contribution in [0, 0.1) is 29.2 Å². The Hall–Kier alpha value is -2.17. The molecule has 2 rings (SSSR count). The summed E-state index contributed by atoms with van der Waals surface area (Å²) in [4.78, 5) is 8.25. The van der Waals surface area contributed by atoms with Crippen LogP contribution in [0.1, 0.15) is 11.3 Å². The first kappa shape index (κ1) is 12.9. The quantitative estimate of drug-likeness (QED) is 0.398. The number of hydrogen-bond acceptors (Lipinski definition) is 3. The highest BCUT2D eigenvalue weighted by Crippen LogP contribution is 2.12. The number of fused-ring (bicyclic) bond motifs is 1. The summed E-state index contributed by atoms with van der Waals surface area (Å²) in [6.07, 6.45) is 0. The SMILES string of the molecule is Cc1cc2ccccc2[n+](C)c1C.O=[N+]([O-])[O-]. The Labute approximate surface area is 99.0 Å². The zero-order valence-electron chi connectivity index (χ0n) is 10.0. The van der Waals surface area contributed by atoms with Crippen LogP contribution in [0.4, 0.5) is 0 Å². The van der Waals surface area contributed by atoms with Crippen molar-refractivity contribution in [3.8, 4) is 0 Å². The number of para-hydroxylation sites is 1. The molecule has 0 N–H and O–H groups in total. The Kier molecular flexibility index (Phi) is 3.98. The molecule has 1 aromatic heterocycles. The largest absolute Gasteiger partial charge is 0.356 e. The van der Waals surface area contributed by atoms with Crippen LogP contribution in [0.15, 0.2) is 30.3 Å². The normalized spacial score (nSPS) is 9.59. The van der Waals surface area contributed by atoms with Crippen molar-refractivity contribution in [3.63, 3.8) is 0 Å². The van der Waals surface area contributed by atoms with E-state index in [9.17, 15) is 0 Å². The Morgan fingerprint density at radius 1 is 1.18 bits per heavy atom. The van der Waals surface area contributed by atoms with Gasteiger partial charge in [-0.1, -0.05) is 12.1 Å². The fraction of sp³-hybridized carbons (Fsp3) is 0.250. The Bertz CT molecular complexity index is 549. The summed E-state index contributed by atoms with van der Waals surface area (Å²) >= 11 is 0. The summed E-state index contributed by atoms with van der Waals surface area (Å²) in [7, 11) is 2.12. The predicted molar refractivity (Wildman–Crippen MR) is 65.0 cm³/mol. The number of benzene rings is 1. The van der Waals surface area contributed by atoms with Crippen LogP contribution in [0.3, 0.4) is 0 Å². The summed E-state index contributed by atoms with van der Waals surface area (Å²) in [6, 6.07) is 10.7. The van der Waals surface area contributed by atoms with Crippen LogP contribution < -0.4 is 4.57 Å². The fourth-order valence-electron chi connectivity index (χ4n) is 1.70. The zero-order valence-corrected chi connectivity index (χ0v) is 10.0. The van der Waals surface area contributed by atoms with E-state index in [0.29, 0.717) is 0 Å². The minimum Gasteiger partial charge on any atom is -0.356 e. The van der Waals surface area contributed by atoms with Crippen molar-refractivity contribution in [2.24, 2.45) is 7.05 Å². The molecule has 5 heteroatoms.